The number of hydrogen-bond acceptors (Lipinski definition) is 4. The van der Waals surface area contributed by atoms with Gasteiger partial charge in [0.05, 0.1) is 5.69 Å². The first-order chi connectivity index (χ1) is 15.7. The third kappa shape index (κ3) is 4.22. The molecule has 0 aliphatic carbocycles. The summed E-state index contributed by atoms with van der Waals surface area (Å²) < 4.78 is 15.2. The maximum atomic E-state index is 13.5. The van der Waals surface area contributed by atoms with Crippen LogP contribution in [0.5, 0.6) is 0 Å². The predicted octanol–water partition coefficient (Wildman–Crippen LogP) is 3.71. The zero-order valence-electron chi connectivity index (χ0n) is 17.9. The van der Waals surface area contributed by atoms with Crippen molar-refractivity contribution in [3.63, 3.8) is 0 Å². The van der Waals surface area contributed by atoms with Crippen molar-refractivity contribution in [2.24, 2.45) is 0 Å². The van der Waals surface area contributed by atoms with E-state index in [4.69, 9.17) is 5.10 Å². The topological polar surface area (TPSA) is 66.0 Å². The number of para-hydroxylation sites is 1. The smallest absolute Gasteiger partial charge is 0.254 e. The Balaban J connectivity index is 1.50. The van der Waals surface area contributed by atoms with Gasteiger partial charge in [0.2, 0.25) is 0 Å². The minimum atomic E-state index is -0.295. The highest BCUT2D eigenvalue weighted by Gasteiger charge is 2.17. The van der Waals surface area contributed by atoms with Crippen LogP contribution in [0.2, 0.25) is 0 Å². The minimum Gasteiger partial charge on any atom is -0.311 e. The number of halogens is 1. The van der Waals surface area contributed by atoms with Gasteiger partial charge < -0.3 is 15.2 Å². The van der Waals surface area contributed by atoms with Crippen molar-refractivity contribution >= 4 is 11.0 Å². The second-order valence-electron chi connectivity index (χ2n) is 8.21. The molecule has 0 atom stereocenters. The first-order valence-corrected chi connectivity index (χ1v) is 11.1. The fraction of sp³-hybridized carbons (Fsp3) is 0.280. The first kappa shape index (κ1) is 20.6. The van der Waals surface area contributed by atoms with Gasteiger partial charge in [-0.2, -0.15) is 5.10 Å². The minimum absolute atomic E-state index is 0.131. The van der Waals surface area contributed by atoms with E-state index in [0.29, 0.717) is 23.4 Å². The van der Waals surface area contributed by atoms with E-state index in [9.17, 15) is 9.18 Å². The standard InChI is InChI=1S/C25H26FN5O/c26-20-10-8-18(9-11-20)23-22-16-19(17-27-12-15-30-13-4-5-14-30)25(32)28-24(22)31(29-23)21-6-2-1-3-7-21/h1-3,6-11,16,27H,4-5,12-15,17H2,(H,28,32). The predicted molar refractivity (Wildman–Crippen MR) is 124 cm³/mol. The largest absolute Gasteiger partial charge is 0.311 e. The number of pyridine rings is 1. The highest BCUT2D eigenvalue weighted by atomic mass is 19.1. The Morgan fingerprint density at radius 3 is 2.53 bits per heavy atom. The van der Waals surface area contributed by atoms with Crippen LogP contribution in [-0.4, -0.2) is 45.8 Å². The summed E-state index contributed by atoms with van der Waals surface area (Å²) in [5.41, 5.74) is 3.51. The lowest BCUT2D eigenvalue weighted by atomic mass is 10.1. The number of fused-ring (bicyclic) bond motifs is 1. The van der Waals surface area contributed by atoms with Crippen LogP contribution in [0.25, 0.3) is 28.0 Å². The lowest BCUT2D eigenvalue weighted by molar-refractivity contribution is 0.335. The summed E-state index contributed by atoms with van der Waals surface area (Å²) in [7, 11) is 0. The van der Waals surface area contributed by atoms with Crippen molar-refractivity contribution in [2.75, 3.05) is 26.2 Å². The van der Waals surface area contributed by atoms with Crippen molar-refractivity contribution in [3.8, 4) is 16.9 Å². The number of benzene rings is 2. The number of hydrogen-bond donors (Lipinski definition) is 2. The number of H-pyrrole nitrogens is 1. The quantitative estimate of drug-likeness (QED) is 0.438. The fourth-order valence-corrected chi connectivity index (χ4v) is 4.29. The van der Waals surface area contributed by atoms with Gasteiger partial charge in [-0.25, -0.2) is 9.07 Å². The van der Waals surface area contributed by atoms with Crippen molar-refractivity contribution in [1.82, 2.24) is 25.0 Å². The van der Waals surface area contributed by atoms with Crippen molar-refractivity contribution in [1.29, 1.82) is 0 Å². The highest BCUT2D eigenvalue weighted by Crippen LogP contribution is 2.29. The average Bonchev–Trinajstić information content (AvgIpc) is 3.46. The molecule has 0 unspecified atom stereocenters. The van der Waals surface area contributed by atoms with E-state index in [0.717, 1.165) is 42.8 Å². The van der Waals surface area contributed by atoms with Crippen LogP contribution in [0.1, 0.15) is 18.4 Å². The summed E-state index contributed by atoms with van der Waals surface area (Å²) in [5, 5.41) is 9.02. The summed E-state index contributed by atoms with van der Waals surface area (Å²) in [6.07, 6.45) is 2.54. The molecule has 7 heteroatoms. The summed E-state index contributed by atoms with van der Waals surface area (Å²) in [5.74, 6) is -0.295. The molecule has 1 aliphatic rings. The Morgan fingerprint density at radius 2 is 1.78 bits per heavy atom. The molecule has 0 radical (unpaired) electrons. The second-order valence-corrected chi connectivity index (χ2v) is 8.21. The molecule has 3 heterocycles. The molecule has 1 aliphatic heterocycles. The molecule has 164 valence electrons. The SMILES string of the molecule is O=c1[nH]c2c(cc1CNCCN1CCCC1)c(-c1ccc(F)cc1)nn2-c1ccccc1. The van der Waals surface area contributed by atoms with E-state index in [1.165, 1.54) is 25.0 Å². The van der Waals surface area contributed by atoms with Gasteiger partial charge in [0.25, 0.3) is 5.56 Å². The number of aromatic nitrogens is 3. The van der Waals surface area contributed by atoms with Crippen molar-refractivity contribution in [2.45, 2.75) is 19.4 Å². The molecule has 2 aromatic heterocycles. The van der Waals surface area contributed by atoms with Crippen LogP contribution in [0, 0.1) is 5.82 Å². The molecule has 0 bridgehead atoms. The van der Waals surface area contributed by atoms with Crippen molar-refractivity contribution in [3.05, 3.63) is 82.4 Å². The molecular weight excluding hydrogens is 405 g/mol. The van der Waals surface area contributed by atoms with Crippen molar-refractivity contribution < 1.29 is 4.39 Å². The first-order valence-electron chi connectivity index (χ1n) is 11.1. The van der Waals surface area contributed by atoms with Crippen LogP contribution in [0.4, 0.5) is 4.39 Å². The lowest BCUT2D eigenvalue weighted by Crippen LogP contribution is -2.31. The molecule has 4 aromatic rings. The summed E-state index contributed by atoms with van der Waals surface area (Å²) in [6, 6.07) is 17.8. The Bertz CT molecular complexity index is 1260. The molecule has 1 fully saturated rings. The third-order valence-electron chi connectivity index (χ3n) is 6.00. The van der Waals surface area contributed by atoms with Gasteiger partial charge in [-0.15, -0.1) is 0 Å². The fourth-order valence-electron chi connectivity index (χ4n) is 4.29. The molecular formula is C25H26FN5O. The molecule has 32 heavy (non-hydrogen) atoms. The molecule has 0 saturated carbocycles. The maximum Gasteiger partial charge on any atom is 0.254 e. The molecule has 5 rings (SSSR count). The zero-order valence-corrected chi connectivity index (χ0v) is 17.9. The maximum absolute atomic E-state index is 13.5. The van der Waals surface area contributed by atoms with Gasteiger partial charge in [0.15, 0.2) is 0 Å². The van der Waals surface area contributed by atoms with E-state index >= 15 is 0 Å². The highest BCUT2D eigenvalue weighted by molar-refractivity contribution is 5.92. The molecule has 1 saturated heterocycles. The van der Waals surface area contributed by atoms with Gasteiger partial charge in [-0.3, -0.25) is 4.79 Å². The molecule has 2 aromatic carbocycles. The van der Waals surface area contributed by atoms with Gasteiger partial charge in [-0.05, 0) is 68.4 Å². The van der Waals surface area contributed by atoms with Gasteiger partial charge in [0.1, 0.15) is 17.2 Å². The van der Waals surface area contributed by atoms with E-state index < -0.39 is 0 Å². The molecule has 6 nitrogen and oxygen atoms in total. The Morgan fingerprint density at radius 1 is 1.03 bits per heavy atom. The average molecular weight is 432 g/mol. The van der Waals surface area contributed by atoms with Gasteiger partial charge >= 0.3 is 0 Å². The molecule has 2 N–H and O–H groups in total. The van der Waals surface area contributed by atoms with E-state index in [-0.39, 0.29) is 11.4 Å². The van der Waals surface area contributed by atoms with Crippen LogP contribution in [-0.2, 0) is 6.54 Å². The lowest BCUT2D eigenvalue weighted by Gasteiger charge is -2.14. The van der Waals surface area contributed by atoms with Crippen LogP contribution in [0.3, 0.4) is 0 Å². The number of rotatable bonds is 7. The van der Waals surface area contributed by atoms with E-state index in [1.807, 2.05) is 36.4 Å². The monoisotopic (exact) mass is 431 g/mol. The van der Waals surface area contributed by atoms with Gasteiger partial charge in [-0.1, -0.05) is 18.2 Å². The molecule has 0 amide bonds. The number of aromatic amines is 1. The number of nitrogens with zero attached hydrogens (tertiary/aromatic N) is 3. The summed E-state index contributed by atoms with van der Waals surface area (Å²) >= 11 is 0. The summed E-state index contributed by atoms with van der Waals surface area (Å²) in [4.78, 5) is 18.3. The molecule has 0 spiro atoms. The van der Waals surface area contributed by atoms with E-state index in [2.05, 4.69) is 15.2 Å². The van der Waals surface area contributed by atoms with E-state index in [1.54, 1.807) is 16.8 Å². The number of likely N-dealkylation sites (tertiary alicyclic amines) is 1. The van der Waals surface area contributed by atoms with Gasteiger partial charge in [0, 0.05) is 36.1 Å². The Kier molecular flexibility index (Phi) is 5.83. The third-order valence-corrected chi connectivity index (χ3v) is 6.00. The summed E-state index contributed by atoms with van der Waals surface area (Å²) in [6.45, 7) is 4.64. The number of nitrogens with one attached hydrogen (secondary N) is 2. The van der Waals surface area contributed by atoms with Crippen LogP contribution >= 0.6 is 0 Å². The van der Waals surface area contributed by atoms with Crippen LogP contribution in [0.15, 0.2) is 65.5 Å². The Hall–Kier alpha value is -3.29. The second kappa shape index (κ2) is 9.06. The normalized spacial score (nSPS) is 14.4. The Labute approximate surface area is 185 Å². The van der Waals surface area contributed by atoms with Crippen LogP contribution < -0.4 is 10.9 Å². The zero-order chi connectivity index (χ0) is 21.9.